The Morgan fingerprint density at radius 1 is 1.12 bits per heavy atom. The van der Waals surface area contributed by atoms with Gasteiger partial charge in [-0.05, 0) is 54.7 Å². The van der Waals surface area contributed by atoms with E-state index in [0.717, 1.165) is 25.9 Å². The van der Waals surface area contributed by atoms with Gasteiger partial charge in [-0.2, -0.15) is 0 Å². The molecule has 1 atom stereocenters. The van der Waals surface area contributed by atoms with E-state index in [-0.39, 0.29) is 11.3 Å². The molecule has 1 saturated heterocycles. The number of nitro benzene ring substituents is 1. The van der Waals surface area contributed by atoms with Crippen molar-refractivity contribution in [3.05, 3.63) is 98.6 Å². The summed E-state index contributed by atoms with van der Waals surface area (Å²) in [5, 5.41) is 25.9. The number of carbonyl (C=O) groups is 1. The van der Waals surface area contributed by atoms with E-state index in [2.05, 4.69) is 12.2 Å². The number of nitro groups is 1. The maximum Gasteiger partial charge on any atom is 0.293 e. The SMILES string of the molecule is CC1CCN(c2ccc(C(=O)Nc3ccc(Cl)cc3[C@H](O)c3ccccc3)cc2[N+](=O)[O-])CC1. The number of hydrogen-bond acceptors (Lipinski definition) is 5. The number of aliphatic hydroxyl groups excluding tert-OH is 1. The first-order valence-electron chi connectivity index (χ1n) is 11.2. The van der Waals surface area contributed by atoms with Gasteiger partial charge in [-0.25, -0.2) is 0 Å². The molecule has 0 aliphatic carbocycles. The maximum atomic E-state index is 13.1. The zero-order chi connectivity index (χ0) is 24.2. The molecule has 1 aliphatic rings. The lowest BCUT2D eigenvalue weighted by molar-refractivity contribution is -0.384. The van der Waals surface area contributed by atoms with E-state index < -0.39 is 16.9 Å². The molecule has 0 radical (unpaired) electrons. The van der Waals surface area contributed by atoms with Crippen LogP contribution >= 0.6 is 11.6 Å². The minimum Gasteiger partial charge on any atom is -0.384 e. The second kappa shape index (κ2) is 10.2. The fourth-order valence-electron chi connectivity index (χ4n) is 4.21. The van der Waals surface area contributed by atoms with Gasteiger partial charge < -0.3 is 15.3 Å². The summed E-state index contributed by atoms with van der Waals surface area (Å²) < 4.78 is 0. The van der Waals surface area contributed by atoms with E-state index >= 15 is 0 Å². The van der Waals surface area contributed by atoms with Crippen LogP contribution in [0.25, 0.3) is 0 Å². The van der Waals surface area contributed by atoms with E-state index in [9.17, 15) is 20.0 Å². The minimum atomic E-state index is -1.01. The topological polar surface area (TPSA) is 95.7 Å². The molecule has 2 N–H and O–H groups in total. The number of aliphatic hydroxyl groups is 1. The van der Waals surface area contributed by atoms with E-state index in [1.807, 2.05) is 23.1 Å². The van der Waals surface area contributed by atoms with Crippen molar-refractivity contribution in [2.24, 2.45) is 5.92 Å². The molecule has 176 valence electrons. The molecule has 7 nitrogen and oxygen atoms in total. The monoisotopic (exact) mass is 479 g/mol. The molecule has 0 saturated carbocycles. The normalized spacial score (nSPS) is 15.1. The highest BCUT2D eigenvalue weighted by molar-refractivity contribution is 6.30. The largest absolute Gasteiger partial charge is 0.384 e. The summed E-state index contributed by atoms with van der Waals surface area (Å²) in [7, 11) is 0. The van der Waals surface area contributed by atoms with Gasteiger partial charge in [0.2, 0.25) is 0 Å². The summed E-state index contributed by atoms with van der Waals surface area (Å²) >= 11 is 6.15. The smallest absolute Gasteiger partial charge is 0.293 e. The third-order valence-corrected chi connectivity index (χ3v) is 6.47. The zero-order valence-corrected chi connectivity index (χ0v) is 19.5. The minimum absolute atomic E-state index is 0.0946. The summed E-state index contributed by atoms with van der Waals surface area (Å²) in [4.78, 5) is 26.4. The molecule has 0 unspecified atom stereocenters. The Morgan fingerprint density at radius 2 is 1.82 bits per heavy atom. The van der Waals surface area contributed by atoms with Gasteiger partial charge in [-0.3, -0.25) is 14.9 Å². The molecule has 8 heteroatoms. The summed E-state index contributed by atoms with van der Waals surface area (Å²) in [6.07, 6.45) is 0.943. The van der Waals surface area contributed by atoms with Crippen molar-refractivity contribution < 1.29 is 14.8 Å². The molecule has 1 aliphatic heterocycles. The second-order valence-corrected chi connectivity index (χ2v) is 9.07. The molecule has 1 heterocycles. The number of nitrogens with one attached hydrogen (secondary N) is 1. The van der Waals surface area contributed by atoms with Crippen LogP contribution in [0.15, 0.2) is 66.7 Å². The number of rotatable bonds is 6. The van der Waals surface area contributed by atoms with Crippen LogP contribution in [-0.2, 0) is 0 Å². The number of nitrogens with zero attached hydrogens (tertiary/aromatic N) is 2. The third kappa shape index (κ3) is 5.21. The van der Waals surface area contributed by atoms with Crippen LogP contribution < -0.4 is 10.2 Å². The summed E-state index contributed by atoms with van der Waals surface area (Å²) in [6.45, 7) is 3.68. The van der Waals surface area contributed by atoms with Crippen LogP contribution in [-0.4, -0.2) is 29.0 Å². The van der Waals surface area contributed by atoms with Crippen molar-refractivity contribution in [3.63, 3.8) is 0 Å². The van der Waals surface area contributed by atoms with Crippen molar-refractivity contribution in [1.82, 2.24) is 0 Å². The second-order valence-electron chi connectivity index (χ2n) is 8.63. The van der Waals surface area contributed by atoms with E-state index in [0.29, 0.717) is 33.4 Å². The van der Waals surface area contributed by atoms with Crippen molar-refractivity contribution in [2.75, 3.05) is 23.3 Å². The number of carbonyl (C=O) groups excluding carboxylic acids is 1. The van der Waals surface area contributed by atoms with Crippen LogP contribution in [0.5, 0.6) is 0 Å². The fourth-order valence-corrected chi connectivity index (χ4v) is 4.39. The van der Waals surface area contributed by atoms with Crippen LogP contribution in [0, 0.1) is 16.0 Å². The molecule has 0 aromatic heterocycles. The van der Waals surface area contributed by atoms with Crippen molar-refractivity contribution >= 4 is 34.6 Å². The summed E-state index contributed by atoms with van der Waals surface area (Å²) in [5.74, 6) is 0.0888. The van der Waals surface area contributed by atoms with Crippen molar-refractivity contribution in [2.45, 2.75) is 25.9 Å². The first-order valence-corrected chi connectivity index (χ1v) is 11.6. The average molecular weight is 480 g/mol. The Morgan fingerprint density at radius 3 is 2.50 bits per heavy atom. The first kappa shape index (κ1) is 23.7. The molecule has 1 fully saturated rings. The Labute approximate surface area is 203 Å². The third-order valence-electron chi connectivity index (χ3n) is 6.23. The van der Waals surface area contributed by atoms with E-state index in [1.54, 1.807) is 42.5 Å². The number of amides is 1. The quantitative estimate of drug-likeness (QED) is 0.343. The maximum absolute atomic E-state index is 13.1. The molecular weight excluding hydrogens is 454 g/mol. The number of halogens is 1. The zero-order valence-electron chi connectivity index (χ0n) is 18.8. The van der Waals surface area contributed by atoms with Gasteiger partial charge in [0.15, 0.2) is 0 Å². The van der Waals surface area contributed by atoms with Crippen molar-refractivity contribution in [3.8, 4) is 0 Å². The first-order chi connectivity index (χ1) is 16.3. The van der Waals surface area contributed by atoms with Crippen LogP contribution in [0.4, 0.5) is 17.1 Å². The molecule has 1 amide bonds. The summed E-state index contributed by atoms with van der Waals surface area (Å²) in [6, 6.07) is 18.4. The molecule has 0 spiro atoms. The molecule has 0 bridgehead atoms. The number of benzene rings is 3. The highest BCUT2D eigenvalue weighted by Crippen LogP contribution is 2.34. The lowest BCUT2D eigenvalue weighted by atomic mass is 9.98. The lowest BCUT2D eigenvalue weighted by Crippen LogP contribution is -2.33. The predicted molar refractivity (Wildman–Crippen MR) is 134 cm³/mol. The van der Waals surface area contributed by atoms with Gasteiger partial charge in [0, 0.05) is 41.0 Å². The summed E-state index contributed by atoms with van der Waals surface area (Å²) in [5.41, 5.74) is 2.05. The average Bonchev–Trinajstić information content (AvgIpc) is 2.85. The van der Waals surface area contributed by atoms with Gasteiger partial charge in [0.25, 0.3) is 11.6 Å². The number of anilines is 2. The van der Waals surface area contributed by atoms with Gasteiger partial charge >= 0.3 is 0 Å². The number of hydrogen-bond donors (Lipinski definition) is 2. The number of piperidine rings is 1. The molecule has 3 aromatic carbocycles. The van der Waals surface area contributed by atoms with Gasteiger partial charge in [-0.15, -0.1) is 0 Å². The molecular formula is C26H26ClN3O4. The Bertz CT molecular complexity index is 1190. The van der Waals surface area contributed by atoms with Crippen LogP contribution in [0.1, 0.15) is 47.4 Å². The highest BCUT2D eigenvalue weighted by Gasteiger charge is 2.25. The van der Waals surface area contributed by atoms with Gasteiger partial charge in [0.05, 0.1) is 4.92 Å². The Hall–Kier alpha value is -3.42. The van der Waals surface area contributed by atoms with Gasteiger partial charge in [0.1, 0.15) is 11.8 Å². The lowest BCUT2D eigenvalue weighted by Gasteiger charge is -2.31. The van der Waals surface area contributed by atoms with Crippen LogP contribution in [0.3, 0.4) is 0 Å². The molecule has 34 heavy (non-hydrogen) atoms. The fraction of sp³-hybridized carbons (Fsp3) is 0.269. The standard InChI is InChI=1S/C26H26ClN3O4/c1-17-11-13-29(14-12-17)23-10-7-19(15-24(23)30(33)34)26(32)28-22-9-8-20(27)16-21(22)25(31)18-5-3-2-4-6-18/h2-10,15-17,25,31H,11-14H2,1H3,(H,28,32)/t25-/m1/s1. The predicted octanol–water partition coefficient (Wildman–Crippen LogP) is 5.82. The Balaban J connectivity index is 1.61. The van der Waals surface area contributed by atoms with Crippen LogP contribution in [0.2, 0.25) is 5.02 Å². The van der Waals surface area contributed by atoms with Crippen molar-refractivity contribution in [1.29, 1.82) is 0 Å². The molecule has 4 rings (SSSR count). The van der Waals surface area contributed by atoms with E-state index in [4.69, 9.17) is 11.6 Å². The Kier molecular flexibility index (Phi) is 7.14. The molecule has 3 aromatic rings. The highest BCUT2D eigenvalue weighted by atomic mass is 35.5. The van der Waals surface area contributed by atoms with Gasteiger partial charge in [-0.1, -0.05) is 48.9 Å². The van der Waals surface area contributed by atoms with E-state index in [1.165, 1.54) is 6.07 Å².